The van der Waals surface area contributed by atoms with Gasteiger partial charge in [-0.15, -0.1) is 0 Å². The van der Waals surface area contributed by atoms with Gasteiger partial charge in [-0.1, -0.05) is 13.8 Å². The molecule has 0 spiro atoms. The molecule has 0 aliphatic heterocycles. The fourth-order valence-electron chi connectivity index (χ4n) is 2.83. The van der Waals surface area contributed by atoms with Crippen molar-refractivity contribution in [2.75, 3.05) is 0 Å². The van der Waals surface area contributed by atoms with E-state index in [-0.39, 0.29) is 11.7 Å². The lowest BCUT2D eigenvalue weighted by Crippen LogP contribution is -2.04. The SMILES string of the molecule is CC(C)c1c(C=CC=O)c(-c2ccc(F)cc2)nn2cccc12. The van der Waals surface area contributed by atoms with E-state index in [0.29, 0.717) is 0 Å². The Hall–Kier alpha value is -2.75. The van der Waals surface area contributed by atoms with Gasteiger partial charge in [-0.2, -0.15) is 5.10 Å². The molecule has 3 rings (SSSR count). The molecule has 4 heteroatoms. The van der Waals surface area contributed by atoms with E-state index in [9.17, 15) is 9.18 Å². The third-order valence-electron chi connectivity index (χ3n) is 3.79. The maximum absolute atomic E-state index is 13.2. The van der Waals surface area contributed by atoms with E-state index in [1.165, 1.54) is 18.2 Å². The summed E-state index contributed by atoms with van der Waals surface area (Å²) in [6.07, 6.45) is 5.89. The summed E-state index contributed by atoms with van der Waals surface area (Å²) in [6, 6.07) is 10.2. The molecule has 0 atom stereocenters. The van der Waals surface area contributed by atoms with E-state index in [1.54, 1.807) is 18.2 Å². The maximum Gasteiger partial charge on any atom is 0.142 e. The number of carbonyl (C=O) groups is 1. The number of hydrogen-bond acceptors (Lipinski definition) is 2. The molecular formula is C19H17FN2O. The van der Waals surface area contributed by atoms with Crippen LogP contribution in [0.1, 0.15) is 30.9 Å². The van der Waals surface area contributed by atoms with Gasteiger partial charge in [-0.25, -0.2) is 8.91 Å². The first-order chi connectivity index (χ1) is 11.1. The molecule has 0 aliphatic rings. The summed E-state index contributed by atoms with van der Waals surface area (Å²) < 4.78 is 15.1. The van der Waals surface area contributed by atoms with Crippen molar-refractivity contribution >= 4 is 17.9 Å². The number of hydrogen-bond donors (Lipinski definition) is 0. The molecule has 3 aromatic rings. The van der Waals surface area contributed by atoms with E-state index in [2.05, 4.69) is 18.9 Å². The summed E-state index contributed by atoms with van der Waals surface area (Å²) in [5.74, 6) is -0.0363. The first-order valence-corrected chi connectivity index (χ1v) is 7.51. The van der Waals surface area contributed by atoms with Crippen LogP contribution in [-0.2, 0) is 4.79 Å². The monoisotopic (exact) mass is 308 g/mol. The third-order valence-corrected chi connectivity index (χ3v) is 3.79. The lowest BCUT2D eigenvalue weighted by Gasteiger charge is -2.16. The Morgan fingerprint density at radius 1 is 1.17 bits per heavy atom. The number of halogens is 1. The number of benzene rings is 1. The van der Waals surface area contributed by atoms with Crippen LogP contribution < -0.4 is 0 Å². The van der Waals surface area contributed by atoms with Gasteiger partial charge in [-0.3, -0.25) is 4.79 Å². The summed E-state index contributed by atoms with van der Waals surface area (Å²) in [6.45, 7) is 4.21. The quantitative estimate of drug-likeness (QED) is 0.526. The molecule has 0 unspecified atom stereocenters. The standard InChI is InChI=1S/C19H17FN2O/c1-13(2)18-16(5-4-12-23)19(14-7-9-15(20)10-8-14)21-22-11-3-6-17(18)22/h3-13H,1-2H3. The molecule has 0 saturated heterocycles. The summed E-state index contributed by atoms with van der Waals surface area (Å²) in [5, 5.41) is 4.66. The van der Waals surface area contributed by atoms with E-state index in [4.69, 9.17) is 0 Å². The zero-order valence-electron chi connectivity index (χ0n) is 13.0. The zero-order valence-corrected chi connectivity index (χ0v) is 13.0. The van der Waals surface area contributed by atoms with Crippen molar-refractivity contribution in [3.63, 3.8) is 0 Å². The fraction of sp³-hybridized carbons (Fsp3) is 0.158. The van der Waals surface area contributed by atoms with E-state index in [0.717, 1.165) is 34.2 Å². The van der Waals surface area contributed by atoms with Crippen molar-refractivity contribution in [3.8, 4) is 11.3 Å². The maximum atomic E-state index is 13.2. The Morgan fingerprint density at radius 2 is 1.91 bits per heavy atom. The number of rotatable bonds is 4. The van der Waals surface area contributed by atoms with Gasteiger partial charge in [0.05, 0.1) is 11.2 Å². The highest BCUT2D eigenvalue weighted by molar-refractivity contribution is 5.83. The zero-order chi connectivity index (χ0) is 16.4. The second-order valence-corrected chi connectivity index (χ2v) is 5.67. The Labute approximate surface area is 134 Å². The van der Waals surface area contributed by atoms with Gasteiger partial charge in [0.25, 0.3) is 0 Å². The van der Waals surface area contributed by atoms with Gasteiger partial charge in [-0.05, 0) is 60.0 Å². The number of aromatic nitrogens is 2. The molecule has 0 saturated carbocycles. The van der Waals surface area contributed by atoms with Crippen LogP contribution in [0.25, 0.3) is 22.9 Å². The minimum absolute atomic E-state index is 0.251. The highest BCUT2D eigenvalue weighted by atomic mass is 19.1. The Bertz CT molecular complexity index is 876. The molecule has 0 aliphatic carbocycles. The molecule has 2 aromatic heterocycles. The van der Waals surface area contributed by atoms with Gasteiger partial charge in [0.1, 0.15) is 12.1 Å². The Balaban J connectivity index is 2.36. The van der Waals surface area contributed by atoms with E-state index in [1.807, 2.05) is 22.8 Å². The van der Waals surface area contributed by atoms with Crippen molar-refractivity contribution in [1.82, 2.24) is 9.61 Å². The predicted molar refractivity (Wildman–Crippen MR) is 89.8 cm³/mol. The van der Waals surface area contributed by atoms with Gasteiger partial charge in [0, 0.05) is 17.3 Å². The summed E-state index contributed by atoms with van der Waals surface area (Å²) in [5.41, 5.74) is 4.56. The molecule has 0 bridgehead atoms. The fourth-order valence-corrected chi connectivity index (χ4v) is 2.83. The van der Waals surface area contributed by atoms with Crippen LogP contribution in [0, 0.1) is 5.82 Å². The minimum atomic E-state index is -0.287. The summed E-state index contributed by atoms with van der Waals surface area (Å²) >= 11 is 0. The molecule has 0 fully saturated rings. The molecule has 0 radical (unpaired) electrons. The minimum Gasteiger partial charge on any atom is -0.299 e. The second kappa shape index (κ2) is 6.16. The number of carbonyl (C=O) groups excluding carboxylic acids is 1. The molecule has 23 heavy (non-hydrogen) atoms. The van der Waals surface area contributed by atoms with Crippen molar-refractivity contribution in [3.05, 3.63) is 65.6 Å². The number of nitrogens with zero attached hydrogens (tertiary/aromatic N) is 2. The van der Waals surface area contributed by atoms with Crippen LogP contribution in [-0.4, -0.2) is 15.9 Å². The number of allylic oxidation sites excluding steroid dienone is 1. The highest BCUT2D eigenvalue weighted by Crippen LogP contribution is 2.32. The van der Waals surface area contributed by atoms with Crippen molar-refractivity contribution < 1.29 is 9.18 Å². The van der Waals surface area contributed by atoms with Crippen LogP contribution in [0.5, 0.6) is 0 Å². The van der Waals surface area contributed by atoms with Crippen molar-refractivity contribution in [2.45, 2.75) is 19.8 Å². The summed E-state index contributed by atoms with van der Waals surface area (Å²) in [4.78, 5) is 10.8. The molecule has 1 aromatic carbocycles. The van der Waals surface area contributed by atoms with E-state index < -0.39 is 0 Å². The third kappa shape index (κ3) is 2.80. The van der Waals surface area contributed by atoms with Gasteiger partial charge >= 0.3 is 0 Å². The lowest BCUT2D eigenvalue weighted by atomic mass is 9.93. The molecule has 0 amide bonds. The number of fused-ring (bicyclic) bond motifs is 1. The number of aldehydes is 1. The van der Waals surface area contributed by atoms with Crippen molar-refractivity contribution in [2.24, 2.45) is 0 Å². The second-order valence-electron chi connectivity index (χ2n) is 5.67. The van der Waals surface area contributed by atoms with Gasteiger partial charge in [0.2, 0.25) is 0 Å². The van der Waals surface area contributed by atoms with Gasteiger partial charge in [0.15, 0.2) is 0 Å². The smallest absolute Gasteiger partial charge is 0.142 e. The largest absolute Gasteiger partial charge is 0.299 e. The van der Waals surface area contributed by atoms with E-state index >= 15 is 0 Å². The normalized spacial score (nSPS) is 11.7. The average molecular weight is 308 g/mol. The van der Waals surface area contributed by atoms with Crippen molar-refractivity contribution in [1.29, 1.82) is 0 Å². The van der Waals surface area contributed by atoms with Crippen LogP contribution in [0.4, 0.5) is 4.39 Å². The van der Waals surface area contributed by atoms with Gasteiger partial charge < -0.3 is 0 Å². The first-order valence-electron chi connectivity index (χ1n) is 7.51. The molecule has 116 valence electrons. The molecular weight excluding hydrogens is 291 g/mol. The van der Waals surface area contributed by atoms with Crippen LogP contribution >= 0.6 is 0 Å². The Morgan fingerprint density at radius 3 is 2.57 bits per heavy atom. The lowest BCUT2D eigenvalue weighted by molar-refractivity contribution is -0.104. The molecule has 2 heterocycles. The highest BCUT2D eigenvalue weighted by Gasteiger charge is 2.17. The molecule has 3 nitrogen and oxygen atoms in total. The topological polar surface area (TPSA) is 34.4 Å². The summed E-state index contributed by atoms with van der Waals surface area (Å²) in [7, 11) is 0. The molecule has 0 N–H and O–H groups in total. The van der Waals surface area contributed by atoms with Crippen LogP contribution in [0.15, 0.2) is 48.7 Å². The average Bonchev–Trinajstić information content (AvgIpc) is 3.00. The first kappa shape index (κ1) is 15.2. The Kier molecular flexibility index (Phi) is 4.06. The van der Waals surface area contributed by atoms with Crippen LogP contribution in [0.2, 0.25) is 0 Å². The predicted octanol–water partition coefficient (Wildman–Crippen LogP) is 4.48. The van der Waals surface area contributed by atoms with Crippen LogP contribution in [0.3, 0.4) is 0 Å².